The minimum absolute atomic E-state index is 0.0252. The smallest absolute Gasteiger partial charge is 0.273 e. The number of nitrogens with one attached hydrogen (secondary N) is 1. The van der Waals surface area contributed by atoms with Gasteiger partial charge in [0, 0.05) is 44.2 Å². The molecule has 2 fully saturated rings. The molecule has 26 heavy (non-hydrogen) atoms. The van der Waals surface area contributed by atoms with Crippen LogP contribution in [0.5, 0.6) is 0 Å². The lowest BCUT2D eigenvalue weighted by atomic mass is 10.0. The fourth-order valence-corrected chi connectivity index (χ4v) is 3.39. The Hall–Kier alpha value is -1.93. The van der Waals surface area contributed by atoms with Crippen molar-refractivity contribution in [3.63, 3.8) is 0 Å². The molecule has 1 aromatic heterocycles. The molecule has 2 aliphatic rings. The van der Waals surface area contributed by atoms with Crippen molar-refractivity contribution in [3.8, 4) is 0 Å². The van der Waals surface area contributed by atoms with Crippen LogP contribution in [0.4, 0.5) is 0 Å². The van der Waals surface area contributed by atoms with Crippen molar-refractivity contribution in [1.29, 1.82) is 0 Å². The van der Waals surface area contributed by atoms with Crippen LogP contribution < -0.4 is 5.32 Å². The average molecular weight is 364 g/mol. The average Bonchev–Trinajstić information content (AvgIpc) is 3.10. The number of morpholine rings is 1. The van der Waals surface area contributed by atoms with E-state index >= 15 is 0 Å². The van der Waals surface area contributed by atoms with Gasteiger partial charge < -0.3 is 19.5 Å². The summed E-state index contributed by atoms with van der Waals surface area (Å²) in [6, 6.07) is 1.66. The number of rotatable bonds is 5. The number of aromatic nitrogens is 1. The standard InChI is InChI=1S/C18H28N4O4/c1-13(2)18(24)22-5-3-4-14(11-22)19-17(23)16-10-15(26-20-16)12-21-6-8-25-9-7-21/h10,13-14H,3-9,11-12H2,1-2H3,(H,19,23). The first-order chi connectivity index (χ1) is 12.5. The minimum atomic E-state index is -0.245. The van der Waals surface area contributed by atoms with E-state index in [1.54, 1.807) is 6.07 Å². The van der Waals surface area contributed by atoms with E-state index in [1.807, 2.05) is 18.7 Å². The van der Waals surface area contributed by atoms with Crippen LogP contribution in [0, 0.1) is 5.92 Å². The van der Waals surface area contributed by atoms with Gasteiger partial charge in [-0.25, -0.2) is 0 Å². The maximum atomic E-state index is 12.5. The molecule has 3 rings (SSSR count). The number of hydrogen-bond donors (Lipinski definition) is 1. The maximum absolute atomic E-state index is 12.5. The number of carbonyl (C=O) groups is 2. The normalized spacial score (nSPS) is 21.8. The molecule has 0 aliphatic carbocycles. The number of amides is 2. The van der Waals surface area contributed by atoms with E-state index in [-0.39, 0.29) is 23.8 Å². The quantitative estimate of drug-likeness (QED) is 0.835. The van der Waals surface area contributed by atoms with Crippen LogP contribution in [0.2, 0.25) is 0 Å². The van der Waals surface area contributed by atoms with Crippen LogP contribution in [0.3, 0.4) is 0 Å². The Bertz CT molecular complexity index is 624. The minimum Gasteiger partial charge on any atom is -0.379 e. The van der Waals surface area contributed by atoms with Gasteiger partial charge in [-0.15, -0.1) is 0 Å². The molecule has 0 radical (unpaired) electrons. The Morgan fingerprint density at radius 3 is 2.81 bits per heavy atom. The van der Waals surface area contributed by atoms with Crippen LogP contribution in [0.25, 0.3) is 0 Å². The highest BCUT2D eigenvalue weighted by Gasteiger charge is 2.27. The number of hydrogen-bond acceptors (Lipinski definition) is 6. The van der Waals surface area contributed by atoms with Crippen LogP contribution in [-0.2, 0) is 16.1 Å². The monoisotopic (exact) mass is 364 g/mol. The zero-order valence-corrected chi connectivity index (χ0v) is 15.6. The molecule has 1 unspecified atom stereocenters. The van der Waals surface area contributed by atoms with Gasteiger partial charge in [-0.3, -0.25) is 14.5 Å². The van der Waals surface area contributed by atoms with E-state index in [0.29, 0.717) is 24.5 Å². The fourth-order valence-electron chi connectivity index (χ4n) is 3.39. The highest BCUT2D eigenvalue weighted by molar-refractivity contribution is 5.92. The van der Waals surface area contributed by atoms with Gasteiger partial charge in [-0.05, 0) is 12.8 Å². The van der Waals surface area contributed by atoms with Gasteiger partial charge in [0.25, 0.3) is 5.91 Å². The lowest BCUT2D eigenvalue weighted by Gasteiger charge is -2.34. The van der Waals surface area contributed by atoms with E-state index in [1.165, 1.54) is 0 Å². The summed E-state index contributed by atoms with van der Waals surface area (Å²) in [6.45, 7) is 8.88. The predicted octanol–water partition coefficient (Wildman–Crippen LogP) is 0.884. The molecule has 2 amide bonds. The summed E-state index contributed by atoms with van der Waals surface area (Å²) in [5, 5.41) is 6.89. The number of piperidine rings is 1. The second-order valence-electron chi connectivity index (χ2n) is 7.32. The van der Waals surface area contributed by atoms with Crippen molar-refractivity contribution in [3.05, 3.63) is 17.5 Å². The van der Waals surface area contributed by atoms with E-state index in [2.05, 4.69) is 15.4 Å². The largest absolute Gasteiger partial charge is 0.379 e. The number of nitrogens with zero attached hydrogens (tertiary/aromatic N) is 3. The molecule has 0 aromatic carbocycles. The van der Waals surface area contributed by atoms with Gasteiger partial charge in [0.05, 0.1) is 19.8 Å². The summed E-state index contributed by atoms with van der Waals surface area (Å²) in [5.41, 5.74) is 0.292. The van der Waals surface area contributed by atoms with Gasteiger partial charge >= 0.3 is 0 Å². The number of likely N-dealkylation sites (tertiary alicyclic amines) is 1. The molecule has 1 aromatic rings. The predicted molar refractivity (Wildman–Crippen MR) is 94.5 cm³/mol. The SMILES string of the molecule is CC(C)C(=O)N1CCCC(NC(=O)c2cc(CN3CCOCC3)on2)C1. The third kappa shape index (κ3) is 4.82. The van der Waals surface area contributed by atoms with Crippen LogP contribution in [-0.4, -0.2) is 72.2 Å². The molecule has 3 heterocycles. The molecule has 1 atom stereocenters. The molecule has 2 saturated heterocycles. The summed E-state index contributed by atoms with van der Waals surface area (Å²) in [7, 11) is 0. The van der Waals surface area contributed by atoms with Gasteiger partial charge in [0.15, 0.2) is 11.5 Å². The van der Waals surface area contributed by atoms with Gasteiger partial charge in [-0.2, -0.15) is 0 Å². The summed E-state index contributed by atoms with van der Waals surface area (Å²) in [5.74, 6) is 0.545. The molecule has 0 saturated carbocycles. The van der Waals surface area contributed by atoms with Crippen molar-refractivity contribution in [2.45, 2.75) is 39.3 Å². The first-order valence-corrected chi connectivity index (χ1v) is 9.38. The summed E-state index contributed by atoms with van der Waals surface area (Å²) >= 11 is 0. The molecule has 1 N–H and O–H groups in total. The lowest BCUT2D eigenvalue weighted by molar-refractivity contribution is -0.135. The van der Waals surface area contributed by atoms with Crippen molar-refractivity contribution in [1.82, 2.24) is 20.3 Å². The molecule has 0 bridgehead atoms. The van der Waals surface area contributed by atoms with Crippen molar-refractivity contribution < 1.29 is 18.8 Å². The summed E-state index contributed by atoms with van der Waals surface area (Å²) < 4.78 is 10.6. The zero-order valence-electron chi connectivity index (χ0n) is 15.6. The zero-order chi connectivity index (χ0) is 18.5. The summed E-state index contributed by atoms with van der Waals surface area (Å²) in [6.07, 6.45) is 1.76. The molecule has 2 aliphatic heterocycles. The summed E-state index contributed by atoms with van der Waals surface area (Å²) in [4.78, 5) is 28.7. The highest BCUT2D eigenvalue weighted by atomic mass is 16.5. The number of ether oxygens (including phenoxy) is 1. The Kier molecular flexibility index (Phi) is 6.26. The van der Waals surface area contributed by atoms with Crippen LogP contribution >= 0.6 is 0 Å². The van der Waals surface area contributed by atoms with E-state index in [4.69, 9.17) is 9.26 Å². The first-order valence-electron chi connectivity index (χ1n) is 9.38. The van der Waals surface area contributed by atoms with Crippen molar-refractivity contribution >= 4 is 11.8 Å². The van der Waals surface area contributed by atoms with Crippen molar-refractivity contribution in [2.24, 2.45) is 5.92 Å². The van der Waals surface area contributed by atoms with E-state index in [9.17, 15) is 9.59 Å². The molecule has 8 nitrogen and oxygen atoms in total. The van der Waals surface area contributed by atoms with Crippen LogP contribution in [0.15, 0.2) is 10.6 Å². The second kappa shape index (κ2) is 8.64. The molecule has 0 spiro atoms. The van der Waals surface area contributed by atoms with E-state index in [0.717, 1.165) is 45.7 Å². The lowest BCUT2D eigenvalue weighted by Crippen LogP contribution is -2.50. The number of carbonyl (C=O) groups excluding carboxylic acids is 2. The Labute approximate surface area is 153 Å². The van der Waals surface area contributed by atoms with E-state index < -0.39 is 0 Å². The topological polar surface area (TPSA) is 87.9 Å². The fraction of sp³-hybridized carbons (Fsp3) is 0.722. The van der Waals surface area contributed by atoms with Crippen LogP contribution in [0.1, 0.15) is 42.9 Å². The molecular formula is C18H28N4O4. The molecule has 144 valence electrons. The van der Waals surface area contributed by atoms with Crippen molar-refractivity contribution in [2.75, 3.05) is 39.4 Å². The molecule has 8 heteroatoms. The Morgan fingerprint density at radius 1 is 1.31 bits per heavy atom. The highest BCUT2D eigenvalue weighted by Crippen LogP contribution is 2.14. The molecular weight excluding hydrogens is 336 g/mol. The maximum Gasteiger partial charge on any atom is 0.273 e. The first kappa shape index (κ1) is 18.8. The Morgan fingerprint density at radius 2 is 2.08 bits per heavy atom. The van der Waals surface area contributed by atoms with Gasteiger partial charge in [-0.1, -0.05) is 19.0 Å². The third-order valence-electron chi connectivity index (χ3n) is 4.84. The van der Waals surface area contributed by atoms with Gasteiger partial charge in [0.2, 0.25) is 5.91 Å². The van der Waals surface area contributed by atoms with Gasteiger partial charge in [0.1, 0.15) is 0 Å². The third-order valence-corrected chi connectivity index (χ3v) is 4.84. The Balaban J connectivity index is 1.52. The second-order valence-corrected chi connectivity index (χ2v) is 7.32.